The third-order valence-electron chi connectivity index (χ3n) is 5.81. The van der Waals surface area contributed by atoms with E-state index in [0.717, 1.165) is 16.7 Å². The summed E-state index contributed by atoms with van der Waals surface area (Å²) < 4.78 is 11.2. The monoisotopic (exact) mass is 430 g/mol. The molecule has 2 amide bonds. The first-order valence-electron chi connectivity index (χ1n) is 10.5. The van der Waals surface area contributed by atoms with Crippen LogP contribution in [0.4, 0.5) is 0 Å². The van der Waals surface area contributed by atoms with Crippen molar-refractivity contribution >= 4 is 11.8 Å². The predicted molar refractivity (Wildman–Crippen MR) is 122 cm³/mol. The zero-order valence-electron chi connectivity index (χ0n) is 18.0. The number of nitrogens with two attached hydrogens (primary N) is 1. The van der Waals surface area contributed by atoms with E-state index in [1.165, 1.54) is 7.11 Å². The molecule has 0 spiro atoms. The molecule has 1 saturated heterocycles. The molecule has 3 aromatic carbocycles. The average molecular weight is 431 g/mol. The maximum absolute atomic E-state index is 13.2. The highest BCUT2D eigenvalue weighted by Crippen LogP contribution is 2.28. The lowest BCUT2D eigenvalue weighted by Gasteiger charge is -2.41. The minimum absolute atomic E-state index is 0.0830. The number of rotatable bonds is 6. The van der Waals surface area contributed by atoms with E-state index < -0.39 is 11.5 Å². The Kier molecular flexibility index (Phi) is 6.23. The highest BCUT2D eigenvalue weighted by molar-refractivity contribution is 5.97. The third-order valence-corrected chi connectivity index (χ3v) is 5.81. The van der Waals surface area contributed by atoms with Crippen molar-refractivity contribution in [2.24, 2.45) is 5.73 Å². The molecule has 3 aromatic rings. The van der Waals surface area contributed by atoms with Crippen molar-refractivity contribution in [3.05, 3.63) is 90.0 Å². The Hall–Kier alpha value is -3.64. The number of nitrogens with zero attached hydrogens (tertiary/aromatic N) is 1. The maximum Gasteiger partial charge on any atom is 0.257 e. The van der Waals surface area contributed by atoms with Gasteiger partial charge in [-0.2, -0.15) is 0 Å². The number of morpholine rings is 1. The van der Waals surface area contributed by atoms with Crippen LogP contribution in [0.1, 0.15) is 15.9 Å². The molecule has 2 N–H and O–H groups in total. The number of primary amides is 1. The Morgan fingerprint density at radius 1 is 0.969 bits per heavy atom. The van der Waals surface area contributed by atoms with E-state index in [-0.39, 0.29) is 25.5 Å². The minimum Gasteiger partial charge on any atom is -0.496 e. The zero-order chi connectivity index (χ0) is 22.6. The van der Waals surface area contributed by atoms with E-state index >= 15 is 0 Å². The number of carbonyl (C=O) groups is 2. The number of benzene rings is 3. The SMILES string of the molecule is COc1ccccc1C(=O)N1CCO[C@@](Cc2ccc(-c3ccccc3)cc2)(C(N)=O)C1. The smallest absolute Gasteiger partial charge is 0.257 e. The van der Waals surface area contributed by atoms with Gasteiger partial charge in [0, 0.05) is 13.0 Å². The van der Waals surface area contributed by atoms with Crippen LogP contribution in [0.3, 0.4) is 0 Å². The van der Waals surface area contributed by atoms with E-state index in [9.17, 15) is 9.59 Å². The Morgan fingerprint density at radius 3 is 2.31 bits per heavy atom. The van der Waals surface area contributed by atoms with Gasteiger partial charge in [0.25, 0.3) is 11.8 Å². The van der Waals surface area contributed by atoms with Crippen molar-refractivity contribution in [1.29, 1.82) is 0 Å². The Bertz CT molecular complexity index is 1100. The van der Waals surface area contributed by atoms with Crippen LogP contribution in [0.5, 0.6) is 5.75 Å². The lowest BCUT2D eigenvalue weighted by molar-refractivity contribution is -0.153. The average Bonchev–Trinajstić information content (AvgIpc) is 2.84. The summed E-state index contributed by atoms with van der Waals surface area (Å²) in [5, 5.41) is 0. The summed E-state index contributed by atoms with van der Waals surface area (Å²) in [6.07, 6.45) is 0.285. The highest BCUT2D eigenvalue weighted by Gasteiger charge is 2.44. The number of ether oxygens (including phenoxy) is 2. The van der Waals surface area contributed by atoms with Crippen LogP contribution >= 0.6 is 0 Å². The number of amides is 2. The summed E-state index contributed by atoms with van der Waals surface area (Å²) in [6, 6.07) is 25.1. The van der Waals surface area contributed by atoms with Crippen LogP contribution in [-0.2, 0) is 16.0 Å². The fourth-order valence-electron chi connectivity index (χ4n) is 4.07. The summed E-state index contributed by atoms with van der Waals surface area (Å²) in [5.41, 5.74) is 8.07. The lowest BCUT2D eigenvalue weighted by atomic mass is 9.90. The van der Waals surface area contributed by atoms with Gasteiger partial charge in [0.2, 0.25) is 0 Å². The maximum atomic E-state index is 13.2. The third kappa shape index (κ3) is 4.36. The van der Waals surface area contributed by atoms with Crippen LogP contribution in [0.15, 0.2) is 78.9 Å². The number of para-hydroxylation sites is 1. The molecule has 1 heterocycles. The number of hydrogen-bond acceptors (Lipinski definition) is 4. The molecular weight excluding hydrogens is 404 g/mol. The van der Waals surface area contributed by atoms with Gasteiger partial charge in [-0.15, -0.1) is 0 Å². The zero-order valence-corrected chi connectivity index (χ0v) is 18.0. The summed E-state index contributed by atoms with van der Waals surface area (Å²) in [4.78, 5) is 27.3. The van der Waals surface area contributed by atoms with E-state index in [1.54, 1.807) is 23.1 Å². The van der Waals surface area contributed by atoms with Crippen molar-refractivity contribution in [2.75, 3.05) is 26.8 Å². The van der Waals surface area contributed by atoms with Gasteiger partial charge in [-0.05, 0) is 28.8 Å². The Balaban J connectivity index is 1.55. The molecule has 1 aliphatic heterocycles. The Labute approximate surface area is 187 Å². The molecule has 0 bridgehead atoms. The van der Waals surface area contributed by atoms with Crippen molar-refractivity contribution in [3.8, 4) is 16.9 Å². The minimum atomic E-state index is -1.29. The van der Waals surface area contributed by atoms with Crippen molar-refractivity contribution in [3.63, 3.8) is 0 Å². The van der Waals surface area contributed by atoms with E-state index in [2.05, 4.69) is 0 Å². The Morgan fingerprint density at radius 2 is 1.62 bits per heavy atom. The van der Waals surface area contributed by atoms with Crippen molar-refractivity contribution < 1.29 is 19.1 Å². The van der Waals surface area contributed by atoms with Crippen LogP contribution < -0.4 is 10.5 Å². The quantitative estimate of drug-likeness (QED) is 0.651. The van der Waals surface area contributed by atoms with Crippen LogP contribution in [-0.4, -0.2) is 49.1 Å². The van der Waals surface area contributed by atoms with Gasteiger partial charge in [-0.1, -0.05) is 66.7 Å². The van der Waals surface area contributed by atoms with E-state index in [0.29, 0.717) is 17.9 Å². The van der Waals surface area contributed by atoms with Gasteiger partial charge in [0.15, 0.2) is 5.60 Å². The molecule has 0 radical (unpaired) electrons. The molecule has 0 unspecified atom stereocenters. The molecule has 0 aliphatic carbocycles. The van der Waals surface area contributed by atoms with Crippen LogP contribution in [0.25, 0.3) is 11.1 Å². The molecule has 6 nitrogen and oxygen atoms in total. The van der Waals surface area contributed by atoms with Gasteiger partial charge in [-0.25, -0.2) is 0 Å². The topological polar surface area (TPSA) is 81.9 Å². The molecule has 1 atom stereocenters. The van der Waals surface area contributed by atoms with Crippen LogP contribution in [0.2, 0.25) is 0 Å². The first-order valence-corrected chi connectivity index (χ1v) is 10.5. The number of methoxy groups -OCH3 is 1. The first-order chi connectivity index (χ1) is 15.5. The molecule has 4 rings (SSSR count). The van der Waals surface area contributed by atoms with Crippen molar-refractivity contribution in [1.82, 2.24) is 4.90 Å². The number of carbonyl (C=O) groups excluding carboxylic acids is 2. The van der Waals surface area contributed by atoms with Crippen LogP contribution in [0, 0.1) is 0 Å². The summed E-state index contributed by atoms with van der Waals surface area (Å²) >= 11 is 0. The predicted octanol–water partition coefficient (Wildman–Crippen LogP) is 3.30. The fraction of sp³-hybridized carbons (Fsp3) is 0.231. The van der Waals surface area contributed by atoms with Gasteiger partial charge in [0.1, 0.15) is 5.75 Å². The van der Waals surface area contributed by atoms with Crippen molar-refractivity contribution in [2.45, 2.75) is 12.0 Å². The first kappa shape index (κ1) is 21.6. The van der Waals surface area contributed by atoms with Gasteiger partial charge in [0.05, 0.1) is 25.8 Å². The molecule has 1 aliphatic rings. The summed E-state index contributed by atoms with van der Waals surface area (Å²) in [6.45, 7) is 0.685. The summed E-state index contributed by atoms with van der Waals surface area (Å²) in [7, 11) is 1.53. The molecule has 32 heavy (non-hydrogen) atoms. The molecule has 6 heteroatoms. The lowest BCUT2D eigenvalue weighted by Crippen LogP contribution is -2.61. The second kappa shape index (κ2) is 9.24. The molecular formula is C26H26N2O4. The molecule has 0 saturated carbocycles. The fourth-order valence-corrected chi connectivity index (χ4v) is 4.07. The van der Waals surface area contributed by atoms with E-state index in [4.69, 9.17) is 15.2 Å². The second-order valence-corrected chi connectivity index (χ2v) is 7.87. The molecule has 1 fully saturated rings. The second-order valence-electron chi connectivity index (χ2n) is 7.87. The largest absolute Gasteiger partial charge is 0.496 e. The standard InChI is InChI=1S/C26H26N2O4/c1-31-23-10-6-5-9-22(23)24(29)28-15-16-32-26(18-28,25(27)30)17-19-11-13-21(14-12-19)20-7-3-2-4-8-20/h2-14H,15-18H2,1H3,(H2,27,30)/t26-/m1/s1. The van der Waals surface area contributed by atoms with E-state index in [1.807, 2.05) is 60.7 Å². The van der Waals surface area contributed by atoms with Gasteiger partial charge in [-0.3, -0.25) is 9.59 Å². The molecule has 164 valence electrons. The molecule has 0 aromatic heterocycles. The number of hydrogen-bond donors (Lipinski definition) is 1. The highest BCUT2D eigenvalue weighted by atomic mass is 16.5. The van der Waals surface area contributed by atoms with Gasteiger partial charge >= 0.3 is 0 Å². The van der Waals surface area contributed by atoms with Gasteiger partial charge < -0.3 is 20.1 Å². The summed E-state index contributed by atoms with van der Waals surface area (Å²) in [5.74, 6) is -0.303. The normalized spacial score (nSPS) is 18.2.